The van der Waals surface area contributed by atoms with Crippen molar-refractivity contribution >= 4 is 17.6 Å². The topological polar surface area (TPSA) is 80.9 Å². The van der Waals surface area contributed by atoms with E-state index < -0.39 is 11.8 Å². The van der Waals surface area contributed by atoms with Crippen molar-refractivity contribution in [2.24, 2.45) is 5.10 Å². The van der Waals surface area contributed by atoms with Crippen molar-refractivity contribution in [3.63, 3.8) is 0 Å². The molecule has 0 atom stereocenters. The number of nitrogens with one attached hydrogen (secondary N) is 1. The van der Waals surface area contributed by atoms with Crippen molar-refractivity contribution in [3.05, 3.63) is 88.6 Å². The van der Waals surface area contributed by atoms with E-state index >= 15 is 0 Å². The van der Waals surface area contributed by atoms with E-state index in [1.165, 1.54) is 24.3 Å². The molecule has 1 heterocycles. The minimum atomic E-state index is -0.666. The minimum absolute atomic E-state index is 0.0771. The van der Waals surface area contributed by atoms with E-state index in [1.807, 2.05) is 6.07 Å². The molecule has 0 fully saturated rings. The van der Waals surface area contributed by atoms with Gasteiger partial charge < -0.3 is 9.15 Å². The molecule has 0 unspecified atom stereocenters. The Morgan fingerprint density at radius 3 is 2.53 bits per heavy atom. The molecule has 1 aliphatic rings. The fraction of sp³-hybridized carbons (Fsp3) is 0.174. The Morgan fingerprint density at radius 1 is 1.07 bits per heavy atom. The molecule has 3 aromatic rings. The highest BCUT2D eigenvalue weighted by Crippen LogP contribution is 2.30. The number of rotatable bonds is 4. The number of hydrogen-bond acceptors (Lipinski definition) is 5. The van der Waals surface area contributed by atoms with Gasteiger partial charge in [0, 0.05) is 23.1 Å². The standard InChI is InChI=1S/C23H19FN2O4/c1-14-20-18(25-26-22(27)15-6-3-2-4-7-15)8-5-9-19(20)30-21(14)23(28)29-17-12-10-16(24)11-13-17/h2-4,6-7,10-13H,5,8-9H2,1H3,(H,26,27)/b25-18+. The van der Waals surface area contributed by atoms with Gasteiger partial charge in [-0.25, -0.2) is 14.6 Å². The molecule has 30 heavy (non-hydrogen) atoms. The Bertz CT molecular complexity index is 1120. The predicted molar refractivity (Wildman–Crippen MR) is 108 cm³/mol. The smallest absolute Gasteiger partial charge is 0.379 e. The fourth-order valence-corrected chi connectivity index (χ4v) is 3.40. The van der Waals surface area contributed by atoms with Gasteiger partial charge >= 0.3 is 5.97 Å². The molecule has 1 aliphatic carbocycles. The van der Waals surface area contributed by atoms with E-state index in [2.05, 4.69) is 10.5 Å². The lowest BCUT2D eigenvalue weighted by atomic mass is 9.93. The lowest BCUT2D eigenvalue weighted by Crippen LogP contribution is -2.22. The second-order valence-electron chi connectivity index (χ2n) is 6.92. The van der Waals surface area contributed by atoms with Crippen molar-refractivity contribution in [1.82, 2.24) is 5.43 Å². The number of esters is 1. The van der Waals surface area contributed by atoms with E-state index in [1.54, 1.807) is 31.2 Å². The lowest BCUT2D eigenvalue weighted by Gasteiger charge is -2.13. The fourth-order valence-electron chi connectivity index (χ4n) is 3.40. The molecular formula is C23H19FN2O4. The third-order valence-corrected chi connectivity index (χ3v) is 4.86. The van der Waals surface area contributed by atoms with E-state index in [-0.39, 0.29) is 17.4 Å². The van der Waals surface area contributed by atoms with E-state index in [9.17, 15) is 14.0 Å². The van der Waals surface area contributed by atoms with E-state index in [0.29, 0.717) is 35.4 Å². The quantitative estimate of drug-likeness (QED) is 0.395. The summed E-state index contributed by atoms with van der Waals surface area (Å²) in [6.45, 7) is 1.75. The molecule has 0 saturated heterocycles. The average molecular weight is 406 g/mol. The summed E-state index contributed by atoms with van der Waals surface area (Å²) in [6.07, 6.45) is 2.09. The number of hydrazone groups is 1. The van der Waals surface area contributed by atoms with Crippen LogP contribution >= 0.6 is 0 Å². The second kappa shape index (κ2) is 8.32. The zero-order chi connectivity index (χ0) is 21.1. The molecule has 7 heteroatoms. The monoisotopic (exact) mass is 406 g/mol. The lowest BCUT2D eigenvalue weighted by molar-refractivity contribution is 0.0698. The molecule has 0 spiro atoms. The third kappa shape index (κ3) is 4.00. The summed E-state index contributed by atoms with van der Waals surface area (Å²) in [5.41, 5.74) is 5.06. The van der Waals surface area contributed by atoms with Gasteiger partial charge in [-0.1, -0.05) is 18.2 Å². The van der Waals surface area contributed by atoms with Gasteiger partial charge in [0.25, 0.3) is 5.91 Å². The molecule has 1 amide bonds. The van der Waals surface area contributed by atoms with E-state index in [4.69, 9.17) is 9.15 Å². The van der Waals surface area contributed by atoms with Crippen LogP contribution in [0.5, 0.6) is 5.75 Å². The number of nitrogens with zero attached hydrogens (tertiary/aromatic N) is 1. The summed E-state index contributed by atoms with van der Waals surface area (Å²) in [4.78, 5) is 24.9. The van der Waals surface area contributed by atoms with Gasteiger partial charge in [-0.3, -0.25) is 4.79 Å². The van der Waals surface area contributed by atoms with Crippen LogP contribution in [0, 0.1) is 12.7 Å². The SMILES string of the molecule is Cc1c(C(=O)Oc2ccc(F)cc2)oc2c1/C(=N/NC(=O)c1ccccc1)CCC2. The number of furan rings is 1. The van der Waals surface area contributed by atoms with Gasteiger partial charge in [-0.2, -0.15) is 5.10 Å². The number of benzene rings is 2. The van der Waals surface area contributed by atoms with Gasteiger partial charge in [0.15, 0.2) is 0 Å². The number of amides is 1. The molecule has 0 radical (unpaired) electrons. The first-order chi connectivity index (χ1) is 14.5. The number of fused-ring (bicyclic) bond motifs is 1. The van der Waals surface area contributed by atoms with Gasteiger partial charge in [-0.05, 0) is 56.2 Å². The first-order valence-electron chi connectivity index (χ1n) is 9.55. The molecule has 152 valence electrons. The second-order valence-corrected chi connectivity index (χ2v) is 6.92. The molecule has 0 saturated carbocycles. The molecule has 1 aromatic heterocycles. The first kappa shape index (κ1) is 19.6. The third-order valence-electron chi connectivity index (χ3n) is 4.86. The molecule has 0 bridgehead atoms. The van der Waals surface area contributed by atoms with Crippen molar-refractivity contribution in [1.29, 1.82) is 0 Å². The number of hydrogen-bond donors (Lipinski definition) is 1. The van der Waals surface area contributed by atoms with Crippen LogP contribution in [0.4, 0.5) is 4.39 Å². The van der Waals surface area contributed by atoms with Crippen LogP contribution in [-0.4, -0.2) is 17.6 Å². The summed E-state index contributed by atoms with van der Waals surface area (Å²) in [6, 6.07) is 14.0. The Morgan fingerprint density at radius 2 is 1.80 bits per heavy atom. The van der Waals surface area contributed by atoms with Crippen LogP contribution in [0.1, 0.15) is 50.6 Å². The Kier molecular flexibility index (Phi) is 5.43. The number of aryl methyl sites for hydroxylation is 1. The van der Waals surface area contributed by atoms with Crippen LogP contribution in [0.25, 0.3) is 0 Å². The summed E-state index contributed by atoms with van der Waals surface area (Å²) in [5.74, 6) is -0.462. The van der Waals surface area contributed by atoms with Gasteiger partial charge in [-0.15, -0.1) is 0 Å². The van der Waals surface area contributed by atoms with Crippen molar-refractivity contribution in [2.75, 3.05) is 0 Å². The summed E-state index contributed by atoms with van der Waals surface area (Å²) < 4.78 is 24.1. The predicted octanol–water partition coefficient (Wildman–Crippen LogP) is 4.42. The maximum atomic E-state index is 13.0. The highest BCUT2D eigenvalue weighted by molar-refractivity contribution is 6.06. The number of carbonyl (C=O) groups is 2. The zero-order valence-corrected chi connectivity index (χ0v) is 16.3. The summed E-state index contributed by atoms with van der Waals surface area (Å²) >= 11 is 0. The molecule has 4 rings (SSSR count). The largest absolute Gasteiger partial charge is 0.453 e. The van der Waals surface area contributed by atoms with Crippen molar-refractivity contribution in [2.45, 2.75) is 26.2 Å². The molecule has 2 aromatic carbocycles. The first-order valence-corrected chi connectivity index (χ1v) is 9.55. The van der Waals surface area contributed by atoms with Crippen molar-refractivity contribution < 1.29 is 23.1 Å². The van der Waals surface area contributed by atoms with Gasteiger partial charge in [0.1, 0.15) is 17.3 Å². The number of halogens is 1. The van der Waals surface area contributed by atoms with Crippen LogP contribution < -0.4 is 10.2 Å². The normalized spacial score (nSPS) is 14.3. The maximum absolute atomic E-state index is 13.0. The highest BCUT2D eigenvalue weighted by atomic mass is 19.1. The summed E-state index contributed by atoms with van der Waals surface area (Å²) in [5, 5.41) is 4.29. The molecular weight excluding hydrogens is 387 g/mol. The molecule has 1 N–H and O–H groups in total. The van der Waals surface area contributed by atoms with Crippen LogP contribution in [0.15, 0.2) is 64.1 Å². The van der Waals surface area contributed by atoms with Crippen LogP contribution in [0.2, 0.25) is 0 Å². The number of carbonyl (C=O) groups excluding carboxylic acids is 2. The minimum Gasteiger partial charge on any atom is -0.453 e. The molecule has 6 nitrogen and oxygen atoms in total. The van der Waals surface area contributed by atoms with E-state index in [0.717, 1.165) is 12.0 Å². The Hall–Kier alpha value is -3.74. The summed E-state index contributed by atoms with van der Waals surface area (Å²) in [7, 11) is 0. The number of ether oxygens (including phenoxy) is 1. The Balaban J connectivity index is 1.56. The average Bonchev–Trinajstić information content (AvgIpc) is 3.11. The Labute approximate surface area is 172 Å². The van der Waals surface area contributed by atoms with Crippen LogP contribution in [0.3, 0.4) is 0 Å². The maximum Gasteiger partial charge on any atom is 0.379 e. The van der Waals surface area contributed by atoms with Gasteiger partial charge in [0.2, 0.25) is 5.76 Å². The highest BCUT2D eigenvalue weighted by Gasteiger charge is 2.29. The molecule has 0 aliphatic heterocycles. The van der Waals surface area contributed by atoms with Crippen LogP contribution in [-0.2, 0) is 6.42 Å². The zero-order valence-electron chi connectivity index (χ0n) is 16.3. The van der Waals surface area contributed by atoms with Crippen molar-refractivity contribution in [3.8, 4) is 5.75 Å². The van der Waals surface area contributed by atoms with Gasteiger partial charge in [0.05, 0.1) is 5.71 Å².